The Morgan fingerprint density at radius 3 is 2.62 bits per heavy atom. The van der Waals surface area contributed by atoms with Gasteiger partial charge in [-0.1, -0.05) is 39.0 Å². The molecule has 1 saturated heterocycles. The number of thioether (sulfide) groups is 1. The van der Waals surface area contributed by atoms with Crippen molar-refractivity contribution < 1.29 is 29.3 Å². The minimum atomic E-state index is -0.762. The predicted octanol–water partition coefficient (Wildman–Crippen LogP) is 4.59. The Hall–Kier alpha value is -2.38. The Labute approximate surface area is 290 Å². The zero-order valence-electron chi connectivity index (χ0n) is 29.9. The molecule has 3 aliphatic carbocycles. The highest BCUT2D eigenvalue weighted by Gasteiger charge is 2.56. The summed E-state index contributed by atoms with van der Waals surface area (Å²) in [4.78, 5) is 21.4. The molecule has 4 N–H and O–H groups in total. The second-order valence-electron chi connectivity index (χ2n) is 14.6. The summed E-state index contributed by atoms with van der Waals surface area (Å²) < 4.78 is 12.5. The summed E-state index contributed by atoms with van der Waals surface area (Å²) in [5.41, 5.74) is 4.43. The standard InChI is InChI=1S/C37H56N4O6S/c1-22-30-17-27(37(30,3)4)18-31(22)39-21-46-36-33(23(2)43)32(20-42)47-41(36)19-24-10-9-11-29(34(24)45-7)25-14-26(16-28(15-25)40(5)6)35(44)38-12-13-48-8/h9-11,14-16,22-23,27,30-33,36,39,42-43H,12-13,17-21H2,1-8H3,(H,38,44)/t22-,23-,27+,30-,31-,32-,33+,36+/m0/s1. The molecule has 1 heterocycles. The Bertz CT molecular complexity index is 1410. The predicted molar refractivity (Wildman–Crippen MR) is 192 cm³/mol. The summed E-state index contributed by atoms with van der Waals surface area (Å²) in [7, 11) is 5.55. The second-order valence-corrected chi connectivity index (χ2v) is 15.6. The second kappa shape index (κ2) is 15.7. The van der Waals surface area contributed by atoms with Crippen LogP contribution in [-0.2, 0) is 16.1 Å². The average Bonchev–Trinajstić information content (AvgIpc) is 3.41. The fraction of sp³-hybridized carbons (Fsp3) is 0.649. The molecule has 4 fully saturated rings. The topological polar surface area (TPSA) is 116 Å². The van der Waals surface area contributed by atoms with E-state index in [1.54, 1.807) is 30.9 Å². The number of para-hydroxylation sites is 1. The largest absolute Gasteiger partial charge is 0.496 e. The molecule has 11 heteroatoms. The van der Waals surface area contributed by atoms with Gasteiger partial charge in [-0.3, -0.25) is 14.9 Å². The number of nitrogens with zero attached hydrogens (tertiary/aromatic N) is 2. The normalized spacial score (nSPS) is 28.5. The van der Waals surface area contributed by atoms with Gasteiger partial charge in [0.25, 0.3) is 5.91 Å². The quantitative estimate of drug-likeness (QED) is 0.157. The number of ether oxygens (including phenoxy) is 2. The van der Waals surface area contributed by atoms with Crippen LogP contribution < -0.4 is 20.3 Å². The van der Waals surface area contributed by atoms with Crippen LogP contribution in [0.3, 0.4) is 0 Å². The first-order valence-electron chi connectivity index (χ1n) is 17.2. The molecule has 0 spiro atoms. The van der Waals surface area contributed by atoms with Crippen LogP contribution in [0.15, 0.2) is 36.4 Å². The van der Waals surface area contributed by atoms with Crippen molar-refractivity contribution in [2.45, 2.75) is 71.6 Å². The number of aliphatic hydroxyl groups is 2. The van der Waals surface area contributed by atoms with Gasteiger partial charge in [0.2, 0.25) is 0 Å². The van der Waals surface area contributed by atoms with Gasteiger partial charge in [0.15, 0.2) is 0 Å². The van der Waals surface area contributed by atoms with Crippen LogP contribution in [0.5, 0.6) is 5.75 Å². The van der Waals surface area contributed by atoms with Crippen molar-refractivity contribution in [3.8, 4) is 16.9 Å². The molecule has 2 aromatic carbocycles. The summed E-state index contributed by atoms with van der Waals surface area (Å²) in [6.45, 7) is 9.83. The molecule has 4 aliphatic rings. The number of hydrogen-bond acceptors (Lipinski definition) is 10. The number of methoxy groups -OCH3 is 1. The van der Waals surface area contributed by atoms with Crippen LogP contribution in [0.4, 0.5) is 5.69 Å². The van der Waals surface area contributed by atoms with E-state index < -0.39 is 24.4 Å². The van der Waals surface area contributed by atoms with E-state index in [1.165, 1.54) is 6.42 Å². The molecule has 3 saturated carbocycles. The lowest BCUT2D eigenvalue weighted by Crippen LogP contribution is -2.60. The third kappa shape index (κ3) is 7.52. The van der Waals surface area contributed by atoms with Gasteiger partial charge in [-0.15, -0.1) is 0 Å². The number of nitrogens with one attached hydrogen (secondary N) is 2. The summed E-state index contributed by atoms with van der Waals surface area (Å²) in [6, 6.07) is 12.2. The molecule has 2 bridgehead atoms. The number of hydrogen-bond donors (Lipinski definition) is 4. The number of anilines is 1. The maximum absolute atomic E-state index is 13.1. The first-order chi connectivity index (χ1) is 22.9. The van der Waals surface area contributed by atoms with Crippen LogP contribution in [0.2, 0.25) is 0 Å². The Morgan fingerprint density at radius 1 is 1.23 bits per heavy atom. The van der Waals surface area contributed by atoms with Crippen molar-refractivity contribution in [3.63, 3.8) is 0 Å². The van der Waals surface area contributed by atoms with Crippen LogP contribution in [0.25, 0.3) is 11.1 Å². The molecule has 0 radical (unpaired) electrons. The minimum Gasteiger partial charge on any atom is -0.496 e. The fourth-order valence-corrected chi connectivity index (χ4v) is 8.54. The van der Waals surface area contributed by atoms with E-state index in [0.717, 1.165) is 40.5 Å². The van der Waals surface area contributed by atoms with Crippen molar-refractivity contribution >= 4 is 23.4 Å². The first kappa shape index (κ1) is 36.9. The van der Waals surface area contributed by atoms with Gasteiger partial charge >= 0.3 is 0 Å². The van der Waals surface area contributed by atoms with Gasteiger partial charge in [0.1, 0.15) is 18.1 Å². The number of aliphatic hydroxyl groups excluding tert-OH is 2. The number of hydroxylamine groups is 2. The van der Waals surface area contributed by atoms with E-state index in [2.05, 4.69) is 31.4 Å². The Balaban J connectivity index is 1.38. The number of fused-ring (bicyclic) bond motifs is 2. The van der Waals surface area contributed by atoms with E-state index in [4.69, 9.17) is 14.3 Å². The monoisotopic (exact) mass is 684 g/mol. The third-order valence-corrected chi connectivity index (χ3v) is 11.8. The first-order valence-corrected chi connectivity index (χ1v) is 18.6. The van der Waals surface area contributed by atoms with Crippen LogP contribution >= 0.6 is 11.8 Å². The van der Waals surface area contributed by atoms with Gasteiger partial charge < -0.3 is 29.9 Å². The zero-order valence-corrected chi connectivity index (χ0v) is 30.7. The highest BCUT2D eigenvalue weighted by atomic mass is 32.2. The lowest BCUT2D eigenvalue weighted by molar-refractivity contribution is -0.227. The average molecular weight is 685 g/mol. The summed E-state index contributed by atoms with van der Waals surface area (Å²) in [5, 5.41) is 29.5. The molecule has 1 amide bonds. The highest BCUT2D eigenvalue weighted by Crippen LogP contribution is 2.61. The fourth-order valence-electron chi connectivity index (χ4n) is 8.24. The zero-order chi connectivity index (χ0) is 34.7. The lowest BCUT2D eigenvalue weighted by atomic mass is 9.45. The van der Waals surface area contributed by atoms with E-state index in [9.17, 15) is 15.0 Å². The van der Waals surface area contributed by atoms with Gasteiger partial charge in [-0.25, -0.2) is 0 Å². The van der Waals surface area contributed by atoms with Crippen molar-refractivity contribution in [1.29, 1.82) is 0 Å². The summed E-state index contributed by atoms with van der Waals surface area (Å²) in [6.07, 6.45) is 2.49. The molecule has 1 aliphatic heterocycles. The smallest absolute Gasteiger partial charge is 0.251 e. The van der Waals surface area contributed by atoms with Gasteiger partial charge in [-0.05, 0) is 73.0 Å². The van der Waals surface area contributed by atoms with Gasteiger partial charge in [-0.2, -0.15) is 16.8 Å². The van der Waals surface area contributed by atoms with Crippen LogP contribution in [0.1, 0.15) is 56.5 Å². The number of carbonyl (C=O) groups is 1. The van der Waals surface area contributed by atoms with Crippen LogP contribution in [-0.4, -0.2) is 98.8 Å². The summed E-state index contributed by atoms with van der Waals surface area (Å²) in [5.74, 6) is 2.93. The maximum atomic E-state index is 13.1. The molecule has 6 rings (SSSR count). The number of carbonyl (C=O) groups excluding carboxylic acids is 1. The van der Waals surface area contributed by atoms with Crippen molar-refractivity contribution in [1.82, 2.24) is 15.7 Å². The lowest BCUT2D eigenvalue weighted by Gasteiger charge is -2.62. The Kier molecular flexibility index (Phi) is 12.0. The highest BCUT2D eigenvalue weighted by molar-refractivity contribution is 7.98. The molecule has 0 unspecified atom stereocenters. The third-order valence-electron chi connectivity index (χ3n) is 11.2. The molecule has 2 aromatic rings. The maximum Gasteiger partial charge on any atom is 0.251 e. The molecule has 8 atom stereocenters. The van der Waals surface area contributed by atoms with Crippen LogP contribution in [0, 0.1) is 29.1 Å². The summed E-state index contributed by atoms with van der Waals surface area (Å²) >= 11 is 1.69. The molecular formula is C37H56N4O6S. The van der Waals surface area contributed by atoms with E-state index in [-0.39, 0.29) is 12.5 Å². The van der Waals surface area contributed by atoms with Crippen molar-refractivity contribution in [2.24, 2.45) is 29.1 Å². The molecule has 266 valence electrons. The number of rotatable bonds is 15. The van der Waals surface area contributed by atoms with Gasteiger partial charge in [0, 0.05) is 54.8 Å². The minimum absolute atomic E-state index is 0.120. The van der Waals surface area contributed by atoms with E-state index in [0.29, 0.717) is 54.4 Å². The number of benzene rings is 2. The molecule has 0 aromatic heterocycles. The SMILES string of the molecule is COc1c(CN2O[C@@H](CO)[C@@H]([C@H](C)O)[C@H]2OCN[C@H]2C[C@H]3C[C@@H]([C@@H]2C)C3(C)C)cccc1-c1cc(C(=O)NCCSC)cc(N(C)C)c1. The molecule has 10 nitrogen and oxygen atoms in total. The van der Waals surface area contributed by atoms with Gasteiger partial charge in [0.05, 0.1) is 39.0 Å². The van der Waals surface area contributed by atoms with Crippen molar-refractivity contribution in [2.75, 3.05) is 58.0 Å². The Morgan fingerprint density at radius 2 is 2.00 bits per heavy atom. The molecule has 48 heavy (non-hydrogen) atoms. The van der Waals surface area contributed by atoms with Crippen molar-refractivity contribution in [3.05, 3.63) is 47.5 Å². The molecular weight excluding hydrogens is 628 g/mol. The number of amides is 1. The van der Waals surface area contributed by atoms with E-state index >= 15 is 0 Å². The van der Waals surface area contributed by atoms with E-state index in [1.807, 2.05) is 61.6 Å².